The maximum Gasteiger partial charge on any atom is 0.119 e. The fourth-order valence-corrected chi connectivity index (χ4v) is 2.46. The summed E-state index contributed by atoms with van der Waals surface area (Å²) in [6.45, 7) is 2.31. The summed E-state index contributed by atoms with van der Waals surface area (Å²) in [4.78, 5) is 0. The highest BCUT2D eigenvalue weighted by Gasteiger charge is 2.20. The third-order valence-electron chi connectivity index (χ3n) is 3.84. The largest absolute Gasteiger partial charge is 0.493 e. The van der Waals surface area contributed by atoms with Gasteiger partial charge in [0.15, 0.2) is 0 Å². The maximum absolute atomic E-state index is 9.90. The summed E-state index contributed by atoms with van der Waals surface area (Å²) in [7, 11) is 0. The molecule has 1 saturated carbocycles. The lowest BCUT2D eigenvalue weighted by Crippen LogP contribution is -2.28. The molecule has 1 aromatic carbocycles. The van der Waals surface area contributed by atoms with Gasteiger partial charge < -0.3 is 15.2 Å². The number of hydrogen-bond donors (Lipinski definition) is 2. The zero-order valence-corrected chi connectivity index (χ0v) is 9.98. The van der Waals surface area contributed by atoms with E-state index in [0.29, 0.717) is 6.54 Å². The van der Waals surface area contributed by atoms with E-state index in [2.05, 4.69) is 11.4 Å². The molecule has 0 radical (unpaired) electrons. The van der Waals surface area contributed by atoms with Gasteiger partial charge in [-0.3, -0.25) is 0 Å². The van der Waals surface area contributed by atoms with E-state index >= 15 is 0 Å². The minimum atomic E-state index is -0.397. The number of rotatable bonds is 3. The van der Waals surface area contributed by atoms with Crippen LogP contribution in [-0.4, -0.2) is 18.3 Å². The van der Waals surface area contributed by atoms with Crippen LogP contribution in [0.15, 0.2) is 18.2 Å². The van der Waals surface area contributed by atoms with Gasteiger partial charge in [0.1, 0.15) is 5.75 Å². The number of nitrogens with one attached hydrogen (secondary N) is 1. The first-order valence-electron chi connectivity index (χ1n) is 6.47. The van der Waals surface area contributed by atoms with Gasteiger partial charge in [-0.25, -0.2) is 0 Å². The first kappa shape index (κ1) is 11.1. The maximum atomic E-state index is 9.90. The van der Waals surface area contributed by atoms with Crippen molar-refractivity contribution in [3.63, 3.8) is 0 Å². The summed E-state index contributed by atoms with van der Waals surface area (Å²) in [6.07, 6.45) is 3.56. The average Bonchev–Trinajstić information content (AvgIpc) is 2.28. The highest BCUT2D eigenvalue weighted by molar-refractivity contribution is 5.38. The second-order valence-electron chi connectivity index (χ2n) is 5.12. The molecule has 92 valence electrons. The van der Waals surface area contributed by atoms with Crippen molar-refractivity contribution in [3.05, 3.63) is 29.3 Å². The van der Waals surface area contributed by atoms with Crippen molar-refractivity contribution < 1.29 is 9.84 Å². The third-order valence-corrected chi connectivity index (χ3v) is 3.84. The molecule has 1 fully saturated rings. The van der Waals surface area contributed by atoms with Crippen LogP contribution in [-0.2, 0) is 6.54 Å². The molecule has 0 amide bonds. The van der Waals surface area contributed by atoms with Crippen LogP contribution >= 0.6 is 0 Å². The Kier molecular flexibility index (Phi) is 3.04. The van der Waals surface area contributed by atoms with Crippen molar-refractivity contribution in [3.8, 4) is 5.75 Å². The Hall–Kier alpha value is -1.06. The normalized spacial score (nSPS) is 23.9. The Morgan fingerprint density at radius 2 is 2.24 bits per heavy atom. The lowest BCUT2D eigenvalue weighted by molar-refractivity contribution is 0.162. The van der Waals surface area contributed by atoms with Gasteiger partial charge in [0.05, 0.1) is 12.7 Å². The van der Waals surface area contributed by atoms with Gasteiger partial charge in [-0.15, -0.1) is 0 Å². The molecule has 0 saturated heterocycles. The zero-order valence-electron chi connectivity index (χ0n) is 9.98. The molecule has 1 aromatic rings. The first-order chi connectivity index (χ1) is 8.33. The SMILES string of the molecule is OC1CNCc2ccc(OCC3CCC3)cc21. The lowest BCUT2D eigenvalue weighted by atomic mass is 9.86. The Morgan fingerprint density at radius 3 is 3.00 bits per heavy atom. The summed E-state index contributed by atoms with van der Waals surface area (Å²) >= 11 is 0. The number of benzene rings is 1. The monoisotopic (exact) mass is 233 g/mol. The van der Waals surface area contributed by atoms with E-state index in [0.717, 1.165) is 30.4 Å². The van der Waals surface area contributed by atoms with Gasteiger partial charge in [-0.2, -0.15) is 0 Å². The van der Waals surface area contributed by atoms with E-state index < -0.39 is 6.10 Å². The molecule has 1 atom stereocenters. The second kappa shape index (κ2) is 4.67. The van der Waals surface area contributed by atoms with Crippen molar-refractivity contribution >= 4 is 0 Å². The predicted molar refractivity (Wildman–Crippen MR) is 65.9 cm³/mol. The molecule has 3 nitrogen and oxygen atoms in total. The summed E-state index contributed by atoms with van der Waals surface area (Å²) in [5.41, 5.74) is 2.20. The molecule has 0 bridgehead atoms. The summed E-state index contributed by atoms with van der Waals surface area (Å²) in [5.74, 6) is 1.65. The fraction of sp³-hybridized carbons (Fsp3) is 0.571. The van der Waals surface area contributed by atoms with Crippen LogP contribution in [0.1, 0.15) is 36.5 Å². The zero-order chi connectivity index (χ0) is 11.7. The second-order valence-corrected chi connectivity index (χ2v) is 5.12. The van der Waals surface area contributed by atoms with Gasteiger partial charge in [0, 0.05) is 13.1 Å². The molecule has 17 heavy (non-hydrogen) atoms. The quantitative estimate of drug-likeness (QED) is 0.839. The fourth-order valence-electron chi connectivity index (χ4n) is 2.46. The van der Waals surface area contributed by atoms with E-state index in [4.69, 9.17) is 4.74 Å². The molecule has 1 aliphatic heterocycles. The van der Waals surface area contributed by atoms with Crippen molar-refractivity contribution in [1.82, 2.24) is 5.32 Å². The van der Waals surface area contributed by atoms with E-state index in [1.807, 2.05) is 12.1 Å². The number of fused-ring (bicyclic) bond motifs is 1. The van der Waals surface area contributed by atoms with Crippen LogP contribution in [0.4, 0.5) is 0 Å². The third kappa shape index (κ3) is 2.31. The van der Waals surface area contributed by atoms with Crippen LogP contribution in [0, 0.1) is 5.92 Å². The molecule has 1 heterocycles. The van der Waals surface area contributed by atoms with Gasteiger partial charge >= 0.3 is 0 Å². The van der Waals surface area contributed by atoms with Crippen molar-refractivity contribution in [2.24, 2.45) is 5.92 Å². The van der Waals surface area contributed by atoms with Gasteiger partial charge in [0.2, 0.25) is 0 Å². The topological polar surface area (TPSA) is 41.5 Å². The molecule has 0 aromatic heterocycles. The van der Waals surface area contributed by atoms with E-state index in [-0.39, 0.29) is 0 Å². The molecule has 1 unspecified atom stereocenters. The molecule has 2 N–H and O–H groups in total. The van der Waals surface area contributed by atoms with Crippen LogP contribution in [0.5, 0.6) is 5.75 Å². The number of β-amino-alcohol motifs (C(OH)–C–C–N with tert-alkyl or cyclic N) is 1. The summed E-state index contributed by atoms with van der Waals surface area (Å²) in [6, 6.07) is 6.07. The summed E-state index contributed by atoms with van der Waals surface area (Å²) < 4.78 is 5.79. The molecular weight excluding hydrogens is 214 g/mol. The van der Waals surface area contributed by atoms with Crippen molar-refractivity contribution in [2.45, 2.75) is 31.9 Å². The van der Waals surface area contributed by atoms with Crippen LogP contribution in [0.2, 0.25) is 0 Å². The van der Waals surface area contributed by atoms with Crippen LogP contribution in [0.3, 0.4) is 0 Å². The van der Waals surface area contributed by atoms with Gasteiger partial charge in [-0.05, 0) is 42.0 Å². The predicted octanol–water partition coefficient (Wildman–Crippen LogP) is 2.00. The summed E-state index contributed by atoms with van der Waals surface area (Å²) in [5, 5.41) is 13.1. The lowest BCUT2D eigenvalue weighted by Gasteiger charge is -2.26. The van der Waals surface area contributed by atoms with Crippen molar-refractivity contribution in [2.75, 3.05) is 13.2 Å². The van der Waals surface area contributed by atoms with Crippen LogP contribution < -0.4 is 10.1 Å². The molecule has 1 aliphatic carbocycles. The van der Waals surface area contributed by atoms with Crippen LogP contribution in [0.25, 0.3) is 0 Å². The first-order valence-corrected chi connectivity index (χ1v) is 6.47. The van der Waals surface area contributed by atoms with Crippen molar-refractivity contribution in [1.29, 1.82) is 0 Å². The smallest absolute Gasteiger partial charge is 0.119 e. The van der Waals surface area contributed by atoms with E-state index in [9.17, 15) is 5.11 Å². The number of aliphatic hydroxyl groups is 1. The molecule has 2 aliphatic rings. The number of hydrogen-bond acceptors (Lipinski definition) is 3. The van der Waals surface area contributed by atoms with E-state index in [1.54, 1.807) is 0 Å². The Bertz CT molecular complexity index is 401. The standard InChI is InChI=1S/C14H19NO2/c16-14-8-15-7-11-4-5-12(6-13(11)14)17-9-10-2-1-3-10/h4-6,10,14-16H,1-3,7-9H2. The van der Waals surface area contributed by atoms with Gasteiger partial charge in [-0.1, -0.05) is 12.5 Å². The number of ether oxygens (including phenoxy) is 1. The Labute approximate surface area is 102 Å². The highest BCUT2D eigenvalue weighted by Crippen LogP contribution is 2.29. The average molecular weight is 233 g/mol. The Balaban J connectivity index is 1.70. The molecule has 3 heteroatoms. The van der Waals surface area contributed by atoms with E-state index in [1.165, 1.54) is 24.8 Å². The highest BCUT2D eigenvalue weighted by atomic mass is 16.5. The van der Waals surface area contributed by atoms with Gasteiger partial charge in [0.25, 0.3) is 0 Å². The number of aliphatic hydroxyl groups excluding tert-OH is 1. The molecule has 3 rings (SSSR count). The molecule has 0 spiro atoms. The molecular formula is C14H19NO2. The Morgan fingerprint density at radius 1 is 1.35 bits per heavy atom. The minimum absolute atomic E-state index is 0.397. The minimum Gasteiger partial charge on any atom is -0.493 e.